The quantitative estimate of drug-likeness (QED) is 0.641. The zero-order valence-corrected chi connectivity index (χ0v) is 17.3. The lowest BCUT2D eigenvalue weighted by molar-refractivity contribution is 0.0746. The molecule has 152 valence electrons. The summed E-state index contributed by atoms with van der Waals surface area (Å²) >= 11 is 0. The zero-order chi connectivity index (χ0) is 21.1. The third-order valence-corrected chi connectivity index (χ3v) is 5.50. The van der Waals surface area contributed by atoms with Crippen LogP contribution in [-0.4, -0.2) is 34.3 Å². The van der Waals surface area contributed by atoms with Crippen molar-refractivity contribution in [3.8, 4) is 0 Å². The molecule has 5 nitrogen and oxygen atoms in total. The summed E-state index contributed by atoms with van der Waals surface area (Å²) in [5.41, 5.74) is 3.72. The summed E-state index contributed by atoms with van der Waals surface area (Å²) in [6.07, 6.45) is 0.821. The van der Waals surface area contributed by atoms with Crippen LogP contribution in [0.4, 0.5) is 5.69 Å². The maximum absolute atomic E-state index is 13.3. The first-order chi connectivity index (χ1) is 14.6. The minimum atomic E-state index is -0.175. The van der Waals surface area contributed by atoms with Gasteiger partial charge >= 0.3 is 0 Å². The monoisotopic (exact) mass is 399 g/mol. The molecule has 1 aromatic heterocycles. The van der Waals surface area contributed by atoms with Crippen LogP contribution < -0.4 is 4.90 Å². The normalized spacial score (nSPS) is 15.0. The molecular formula is C25H25N3O2. The van der Waals surface area contributed by atoms with Crippen molar-refractivity contribution in [1.29, 1.82) is 0 Å². The lowest BCUT2D eigenvalue weighted by Gasteiger charge is -2.23. The van der Waals surface area contributed by atoms with Gasteiger partial charge in [-0.3, -0.25) is 9.59 Å². The Bertz CT molecular complexity index is 1060. The van der Waals surface area contributed by atoms with Gasteiger partial charge in [0.15, 0.2) is 0 Å². The van der Waals surface area contributed by atoms with Gasteiger partial charge in [-0.2, -0.15) is 0 Å². The molecule has 0 N–H and O–H groups in total. The molecule has 1 aliphatic heterocycles. The molecule has 0 saturated heterocycles. The largest absolute Gasteiger partial charge is 0.333 e. The summed E-state index contributed by atoms with van der Waals surface area (Å²) in [6.45, 7) is 5.04. The van der Waals surface area contributed by atoms with Gasteiger partial charge in [-0.1, -0.05) is 54.6 Å². The highest BCUT2D eigenvalue weighted by molar-refractivity contribution is 6.07. The van der Waals surface area contributed by atoms with E-state index >= 15 is 0 Å². The number of rotatable bonds is 5. The number of anilines is 1. The van der Waals surface area contributed by atoms with E-state index in [1.165, 1.54) is 0 Å². The lowest BCUT2D eigenvalue weighted by Crippen LogP contribution is -2.37. The van der Waals surface area contributed by atoms with Gasteiger partial charge in [0.2, 0.25) is 0 Å². The molecule has 0 bridgehead atoms. The molecule has 30 heavy (non-hydrogen) atoms. The second-order valence-electron chi connectivity index (χ2n) is 7.57. The number of hydrogen-bond donors (Lipinski definition) is 0. The fourth-order valence-electron chi connectivity index (χ4n) is 3.96. The van der Waals surface area contributed by atoms with Crippen molar-refractivity contribution >= 4 is 17.5 Å². The molecule has 5 heteroatoms. The van der Waals surface area contributed by atoms with Crippen molar-refractivity contribution in [2.24, 2.45) is 0 Å². The lowest BCUT2D eigenvalue weighted by atomic mass is 10.1. The van der Waals surface area contributed by atoms with E-state index in [2.05, 4.69) is 11.1 Å². The predicted octanol–water partition coefficient (Wildman–Crippen LogP) is 4.34. The van der Waals surface area contributed by atoms with Gasteiger partial charge in [-0.15, -0.1) is 0 Å². The third kappa shape index (κ3) is 3.83. The molecule has 1 unspecified atom stereocenters. The molecule has 0 saturated carbocycles. The Labute approximate surface area is 177 Å². The minimum absolute atomic E-state index is 0.0567. The van der Waals surface area contributed by atoms with E-state index in [1.54, 1.807) is 28.0 Å². The Hall–Kier alpha value is -3.47. The van der Waals surface area contributed by atoms with Crippen LogP contribution in [0.25, 0.3) is 0 Å². The molecule has 1 atom stereocenters. The molecule has 4 rings (SSSR count). The number of fused-ring (bicyclic) bond motifs is 1. The van der Waals surface area contributed by atoms with Crippen LogP contribution in [0.5, 0.6) is 0 Å². The summed E-state index contributed by atoms with van der Waals surface area (Å²) in [7, 11) is 0. The van der Waals surface area contributed by atoms with E-state index in [0.717, 1.165) is 23.2 Å². The summed E-state index contributed by atoms with van der Waals surface area (Å²) in [5, 5.41) is 0. The van der Waals surface area contributed by atoms with Crippen LogP contribution in [0.3, 0.4) is 0 Å². The van der Waals surface area contributed by atoms with Gasteiger partial charge in [-0.25, -0.2) is 4.98 Å². The van der Waals surface area contributed by atoms with Crippen molar-refractivity contribution in [2.75, 3.05) is 11.4 Å². The number of benzene rings is 2. The number of amides is 2. The van der Waals surface area contributed by atoms with Crippen molar-refractivity contribution in [3.05, 3.63) is 95.3 Å². The van der Waals surface area contributed by atoms with E-state index in [9.17, 15) is 9.59 Å². The summed E-state index contributed by atoms with van der Waals surface area (Å²) in [6, 6.07) is 22.9. The molecule has 0 fully saturated rings. The summed E-state index contributed by atoms with van der Waals surface area (Å²) in [4.78, 5) is 34.3. The number of carbonyl (C=O) groups excluding carboxylic acids is 2. The van der Waals surface area contributed by atoms with E-state index in [-0.39, 0.29) is 17.9 Å². The van der Waals surface area contributed by atoms with Crippen molar-refractivity contribution in [2.45, 2.75) is 32.9 Å². The first-order valence-electron chi connectivity index (χ1n) is 10.3. The van der Waals surface area contributed by atoms with E-state index in [1.807, 2.05) is 62.4 Å². The minimum Gasteiger partial charge on any atom is -0.333 e. The molecule has 2 aromatic carbocycles. The van der Waals surface area contributed by atoms with Gasteiger partial charge < -0.3 is 9.80 Å². The Morgan fingerprint density at radius 2 is 1.67 bits per heavy atom. The average Bonchev–Trinajstić information content (AvgIpc) is 3.13. The van der Waals surface area contributed by atoms with E-state index in [4.69, 9.17) is 0 Å². The molecule has 2 amide bonds. The standard InChI is InChI=1S/C25H25N3O2/c1-3-27(17-19-10-5-4-6-11-19)24(29)21-13-9-14-22(26-21)25(30)28-18(2)16-20-12-7-8-15-23(20)28/h4-15,18H,3,16-17H2,1-2H3. The fraction of sp³-hybridized carbons (Fsp3) is 0.240. The van der Waals surface area contributed by atoms with Gasteiger partial charge in [0.05, 0.1) is 0 Å². The van der Waals surface area contributed by atoms with Crippen molar-refractivity contribution in [1.82, 2.24) is 9.88 Å². The first-order valence-corrected chi connectivity index (χ1v) is 10.3. The topological polar surface area (TPSA) is 53.5 Å². The van der Waals surface area contributed by atoms with Crippen LogP contribution >= 0.6 is 0 Å². The van der Waals surface area contributed by atoms with Crippen LogP contribution in [0.15, 0.2) is 72.8 Å². The molecule has 2 heterocycles. The van der Waals surface area contributed by atoms with Gasteiger partial charge in [0.25, 0.3) is 11.8 Å². The Morgan fingerprint density at radius 1 is 0.967 bits per heavy atom. The maximum atomic E-state index is 13.3. The second-order valence-corrected chi connectivity index (χ2v) is 7.57. The van der Waals surface area contributed by atoms with Gasteiger partial charge in [0, 0.05) is 24.8 Å². The predicted molar refractivity (Wildman–Crippen MR) is 118 cm³/mol. The number of hydrogen-bond acceptors (Lipinski definition) is 3. The molecule has 0 radical (unpaired) electrons. The Morgan fingerprint density at radius 3 is 2.43 bits per heavy atom. The zero-order valence-electron chi connectivity index (χ0n) is 17.3. The third-order valence-electron chi connectivity index (χ3n) is 5.50. The number of aromatic nitrogens is 1. The summed E-state index contributed by atoms with van der Waals surface area (Å²) in [5.74, 6) is -0.348. The van der Waals surface area contributed by atoms with Crippen LogP contribution in [0.1, 0.15) is 46.0 Å². The van der Waals surface area contributed by atoms with Gasteiger partial charge in [0.1, 0.15) is 11.4 Å². The highest BCUT2D eigenvalue weighted by Gasteiger charge is 2.32. The Kier molecular flexibility index (Phi) is 5.61. The van der Waals surface area contributed by atoms with E-state index < -0.39 is 0 Å². The molecular weight excluding hydrogens is 374 g/mol. The molecule has 0 spiro atoms. The summed E-state index contributed by atoms with van der Waals surface area (Å²) < 4.78 is 0. The molecule has 1 aliphatic rings. The van der Waals surface area contributed by atoms with Crippen LogP contribution in [0, 0.1) is 0 Å². The second kappa shape index (κ2) is 8.49. The number of para-hydroxylation sites is 1. The number of carbonyl (C=O) groups is 2. The van der Waals surface area contributed by atoms with Crippen LogP contribution in [-0.2, 0) is 13.0 Å². The number of nitrogens with zero attached hydrogens (tertiary/aromatic N) is 3. The Balaban J connectivity index is 1.58. The average molecular weight is 399 g/mol. The molecule has 3 aromatic rings. The first kappa shape index (κ1) is 19.8. The smallest absolute Gasteiger partial charge is 0.277 e. The maximum Gasteiger partial charge on any atom is 0.277 e. The van der Waals surface area contributed by atoms with Gasteiger partial charge in [-0.05, 0) is 49.6 Å². The van der Waals surface area contributed by atoms with Crippen molar-refractivity contribution < 1.29 is 9.59 Å². The molecule has 0 aliphatic carbocycles. The number of pyridine rings is 1. The van der Waals surface area contributed by atoms with Crippen LogP contribution in [0.2, 0.25) is 0 Å². The van der Waals surface area contributed by atoms with Crippen molar-refractivity contribution in [3.63, 3.8) is 0 Å². The SMILES string of the molecule is CCN(Cc1ccccc1)C(=O)c1cccc(C(=O)N2c3ccccc3CC2C)n1. The van der Waals surface area contributed by atoms with E-state index in [0.29, 0.717) is 24.5 Å². The highest BCUT2D eigenvalue weighted by Crippen LogP contribution is 2.32. The fourth-order valence-corrected chi connectivity index (χ4v) is 3.96. The highest BCUT2D eigenvalue weighted by atomic mass is 16.2.